The van der Waals surface area contributed by atoms with Crippen LogP contribution in [0.15, 0.2) is 54.9 Å². The van der Waals surface area contributed by atoms with Gasteiger partial charge in [0.25, 0.3) is 5.91 Å². The van der Waals surface area contributed by atoms with Gasteiger partial charge in [-0.1, -0.05) is 29.5 Å². The van der Waals surface area contributed by atoms with Crippen molar-refractivity contribution < 1.29 is 14.3 Å². The number of ether oxygens (including phenoxy) is 2. The van der Waals surface area contributed by atoms with Gasteiger partial charge >= 0.3 is 0 Å². The number of fused-ring (bicyclic) bond motifs is 1. The normalized spacial score (nSPS) is 10.9. The van der Waals surface area contributed by atoms with Gasteiger partial charge < -0.3 is 9.47 Å². The molecule has 0 saturated heterocycles. The summed E-state index contributed by atoms with van der Waals surface area (Å²) >= 11 is 1.53. The van der Waals surface area contributed by atoms with E-state index in [1.165, 1.54) is 11.3 Å². The van der Waals surface area contributed by atoms with E-state index < -0.39 is 0 Å². The number of pyridine rings is 1. The first-order valence-corrected chi connectivity index (χ1v) is 11.8. The van der Waals surface area contributed by atoms with E-state index in [0.29, 0.717) is 42.0 Å². The fourth-order valence-electron chi connectivity index (χ4n) is 3.60. The zero-order chi connectivity index (χ0) is 23.4. The molecular formula is C26H27N3O3S. The van der Waals surface area contributed by atoms with Crippen LogP contribution >= 0.6 is 11.3 Å². The molecule has 2 aromatic heterocycles. The second-order valence-electron chi connectivity index (χ2n) is 7.65. The Labute approximate surface area is 197 Å². The third-order valence-electron chi connectivity index (χ3n) is 5.26. The standard InChI is InChI=1S/C26H27N3O3S/c1-5-31-21-12-11-20(14-22(21)32-6-2)25(30)29(16-19-8-7-13-27-15-19)26-28-23-17(3)9-10-18(4)24(23)33-26/h7-15H,5-6,16H2,1-4H3. The lowest BCUT2D eigenvalue weighted by Crippen LogP contribution is -2.30. The average molecular weight is 462 g/mol. The number of thiazole rings is 1. The molecule has 0 atom stereocenters. The van der Waals surface area contributed by atoms with Crippen molar-refractivity contribution in [3.63, 3.8) is 0 Å². The molecule has 2 heterocycles. The van der Waals surface area contributed by atoms with Crippen molar-refractivity contribution in [2.45, 2.75) is 34.2 Å². The Bertz CT molecular complexity index is 1230. The highest BCUT2D eigenvalue weighted by Gasteiger charge is 2.24. The lowest BCUT2D eigenvalue weighted by atomic mass is 10.1. The van der Waals surface area contributed by atoms with Crippen molar-refractivity contribution in [1.29, 1.82) is 0 Å². The summed E-state index contributed by atoms with van der Waals surface area (Å²) in [5, 5.41) is 0.656. The quantitative estimate of drug-likeness (QED) is 0.324. The molecule has 0 fully saturated rings. The van der Waals surface area contributed by atoms with Gasteiger partial charge in [0.2, 0.25) is 0 Å². The Hall–Kier alpha value is -3.45. The predicted molar refractivity (Wildman–Crippen MR) is 133 cm³/mol. The summed E-state index contributed by atoms with van der Waals surface area (Å²) in [6, 6.07) is 13.3. The van der Waals surface area contributed by atoms with E-state index in [4.69, 9.17) is 14.5 Å². The molecule has 0 N–H and O–H groups in total. The molecule has 0 saturated carbocycles. The third-order valence-corrected chi connectivity index (χ3v) is 6.47. The summed E-state index contributed by atoms with van der Waals surface area (Å²) in [5.41, 5.74) is 4.60. The Morgan fingerprint density at radius 1 is 1.00 bits per heavy atom. The topological polar surface area (TPSA) is 64.5 Å². The number of aryl methyl sites for hydroxylation is 2. The van der Waals surface area contributed by atoms with Gasteiger partial charge in [0.15, 0.2) is 16.6 Å². The van der Waals surface area contributed by atoms with Crippen molar-refractivity contribution in [2.75, 3.05) is 18.1 Å². The van der Waals surface area contributed by atoms with E-state index in [-0.39, 0.29) is 5.91 Å². The lowest BCUT2D eigenvalue weighted by Gasteiger charge is -2.21. The zero-order valence-corrected chi connectivity index (χ0v) is 20.1. The number of hydrogen-bond donors (Lipinski definition) is 0. The van der Waals surface area contributed by atoms with Crippen LogP contribution in [0.3, 0.4) is 0 Å². The SMILES string of the molecule is CCOc1ccc(C(=O)N(Cc2cccnc2)c2nc3c(C)ccc(C)c3s2)cc1OCC. The van der Waals surface area contributed by atoms with Crippen LogP contribution in [0.2, 0.25) is 0 Å². The molecule has 33 heavy (non-hydrogen) atoms. The molecule has 7 heteroatoms. The van der Waals surface area contributed by atoms with Crippen LogP contribution < -0.4 is 14.4 Å². The third kappa shape index (κ3) is 4.83. The number of nitrogens with zero attached hydrogens (tertiary/aromatic N) is 3. The summed E-state index contributed by atoms with van der Waals surface area (Å²) in [4.78, 5) is 24.6. The van der Waals surface area contributed by atoms with Crippen molar-refractivity contribution in [3.8, 4) is 11.5 Å². The first kappa shape index (κ1) is 22.7. The highest BCUT2D eigenvalue weighted by molar-refractivity contribution is 7.22. The minimum absolute atomic E-state index is 0.155. The summed E-state index contributed by atoms with van der Waals surface area (Å²) < 4.78 is 12.5. The van der Waals surface area contributed by atoms with E-state index in [9.17, 15) is 4.79 Å². The zero-order valence-electron chi connectivity index (χ0n) is 19.3. The van der Waals surface area contributed by atoms with Crippen molar-refractivity contribution >= 4 is 32.6 Å². The highest BCUT2D eigenvalue weighted by atomic mass is 32.1. The minimum Gasteiger partial charge on any atom is -0.490 e. The van der Waals surface area contributed by atoms with E-state index in [0.717, 1.165) is 26.9 Å². The maximum Gasteiger partial charge on any atom is 0.260 e. The molecule has 2 aromatic carbocycles. The molecule has 0 aliphatic heterocycles. The molecule has 4 rings (SSSR count). The molecule has 0 unspecified atom stereocenters. The molecule has 4 aromatic rings. The molecule has 0 bridgehead atoms. The van der Waals surface area contributed by atoms with E-state index in [1.54, 1.807) is 35.5 Å². The van der Waals surface area contributed by atoms with Crippen LogP contribution in [0.4, 0.5) is 5.13 Å². The summed E-state index contributed by atoms with van der Waals surface area (Å²) in [5.74, 6) is 1.03. The average Bonchev–Trinajstić information content (AvgIpc) is 3.28. The van der Waals surface area contributed by atoms with Gasteiger partial charge in [-0.25, -0.2) is 4.98 Å². The van der Waals surface area contributed by atoms with E-state index in [1.807, 2.05) is 32.9 Å². The molecule has 0 aliphatic carbocycles. The fourth-order valence-corrected chi connectivity index (χ4v) is 4.71. The maximum absolute atomic E-state index is 13.8. The number of rotatable bonds is 8. The first-order chi connectivity index (χ1) is 16.0. The summed E-state index contributed by atoms with van der Waals surface area (Å²) in [6.07, 6.45) is 3.49. The van der Waals surface area contributed by atoms with Gasteiger partial charge in [0.1, 0.15) is 0 Å². The van der Waals surface area contributed by atoms with Crippen LogP contribution in [-0.4, -0.2) is 29.1 Å². The minimum atomic E-state index is -0.155. The van der Waals surface area contributed by atoms with Crippen molar-refractivity contribution in [2.24, 2.45) is 0 Å². The molecule has 1 amide bonds. The Balaban J connectivity index is 1.78. The largest absolute Gasteiger partial charge is 0.490 e. The molecule has 0 aliphatic rings. The number of carbonyl (C=O) groups excluding carboxylic acids is 1. The van der Waals surface area contributed by atoms with Crippen LogP contribution in [0.25, 0.3) is 10.2 Å². The smallest absolute Gasteiger partial charge is 0.260 e. The van der Waals surface area contributed by atoms with Crippen LogP contribution in [0, 0.1) is 13.8 Å². The second-order valence-corrected chi connectivity index (χ2v) is 8.63. The van der Waals surface area contributed by atoms with Gasteiger partial charge in [-0.05, 0) is 68.7 Å². The number of anilines is 1. The molecule has 170 valence electrons. The van der Waals surface area contributed by atoms with Gasteiger partial charge in [-0.15, -0.1) is 0 Å². The van der Waals surface area contributed by atoms with Crippen molar-refractivity contribution in [3.05, 3.63) is 77.1 Å². The number of aromatic nitrogens is 2. The lowest BCUT2D eigenvalue weighted by molar-refractivity contribution is 0.0984. The van der Waals surface area contributed by atoms with Gasteiger partial charge in [-0.2, -0.15) is 0 Å². The van der Waals surface area contributed by atoms with E-state index >= 15 is 0 Å². The molecular weight excluding hydrogens is 434 g/mol. The summed E-state index contributed by atoms with van der Waals surface area (Å²) in [7, 11) is 0. The van der Waals surface area contributed by atoms with Gasteiger partial charge in [0.05, 0.1) is 30.0 Å². The number of amides is 1. The van der Waals surface area contributed by atoms with E-state index in [2.05, 4.69) is 24.0 Å². The van der Waals surface area contributed by atoms with Crippen molar-refractivity contribution in [1.82, 2.24) is 9.97 Å². The Kier molecular flexibility index (Phi) is 6.89. The van der Waals surface area contributed by atoms with Gasteiger partial charge in [0, 0.05) is 18.0 Å². The Morgan fingerprint density at radius 2 is 1.76 bits per heavy atom. The first-order valence-electron chi connectivity index (χ1n) is 11.0. The number of carbonyl (C=O) groups is 1. The molecule has 0 radical (unpaired) electrons. The second kappa shape index (κ2) is 10.0. The predicted octanol–water partition coefficient (Wildman–Crippen LogP) is 5.95. The molecule has 6 nitrogen and oxygen atoms in total. The highest BCUT2D eigenvalue weighted by Crippen LogP contribution is 2.35. The van der Waals surface area contributed by atoms with Crippen LogP contribution in [0.5, 0.6) is 11.5 Å². The van der Waals surface area contributed by atoms with Crippen LogP contribution in [0.1, 0.15) is 40.9 Å². The number of benzene rings is 2. The number of hydrogen-bond acceptors (Lipinski definition) is 6. The monoisotopic (exact) mass is 461 g/mol. The summed E-state index contributed by atoms with van der Waals surface area (Å²) in [6.45, 7) is 9.30. The molecule has 0 spiro atoms. The van der Waals surface area contributed by atoms with Crippen LogP contribution in [-0.2, 0) is 6.54 Å². The fraction of sp³-hybridized carbons (Fsp3) is 0.269. The van der Waals surface area contributed by atoms with Gasteiger partial charge in [-0.3, -0.25) is 14.7 Å². The Morgan fingerprint density at radius 3 is 2.45 bits per heavy atom. The maximum atomic E-state index is 13.8.